The molecule has 27 nitrogen and oxygen atoms in total. The van der Waals surface area contributed by atoms with E-state index in [1.165, 1.54) is 90.6 Å². The van der Waals surface area contributed by atoms with Crippen molar-refractivity contribution in [3.05, 3.63) is 164 Å². The first-order valence-corrected chi connectivity index (χ1v) is 53.7. The maximum atomic E-state index is 14.2. The molecule has 16 rings (SSSR count). The number of hydrogen-bond donors (Lipinski definition) is 1. The van der Waals surface area contributed by atoms with Crippen LogP contribution in [0.5, 0.6) is 0 Å². The molecule has 12 aliphatic rings. The van der Waals surface area contributed by atoms with E-state index in [-0.39, 0.29) is 126 Å². The van der Waals surface area contributed by atoms with Crippen LogP contribution >= 0.6 is 0 Å². The first-order valence-electron chi connectivity index (χ1n) is 53.7. The molecule has 790 valence electrons. The number of fused-ring (bicyclic) bond motifs is 8. The van der Waals surface area contributed by atoms with Crippen LogP contribution in [-0.4, -0.2) is 256 Å². The minimum atomic E-state index is -0.869. The van der Waals surface area contributed by atoms with Crippen molar-refractivity contribution in [2.75, 3.05) is 87.7 Å². The highest BCUT2D eigenvalue weighted by Gasteiger charge is 2.50. The van der Waals surface area contributed by atoms with Crippen LogP contribution in [0.15, 0.2) is 119 Å². The Hall–Kier alpha value is -11.1. The molecule has 0 spiro atoms. The van der Waals surface area contributed by atoms with Crippen molar-refractivity contribution in [3.63, 3.8) is 0 Å². The normalized spacial score (nSPS) is 24.1. The fourth-order valence-corrected chi connectivity index (χ4v) is 24.5. The van der Waals surface area contributed by atoms with Gasteiger partial charge in [0.25, 0.3) is 0 Å². The van der Waals surface area contributed by atoms with E-state index in [2.05, 4.69) is 92.7 Å². The van der Waals surface area contributed by atoms with E-state index in [0.29, 0.717) is 94.9 Å². The summed E-state index contributed by atoms with van der Waals surface area (Å²) in [6.45, 7) is 34.8. The van der Waals surface area contributed by atoms with Crippen LogP contribution in [0.1, 0.15) is 303 Å². The van der Waals surface area contributed by atoms with Crippen molar-refractivity contribution in [1.82, 2.24) is 39.2 Å². The third-order valence-electron chi connectivity index (χ3n) is 31.4. The largest absolute Gasteiger partial charge is 0.481 e. The lowest BCUT2D eigenvalue weighted by Gasteiger charge is -2.45. The number of rotatable bonds is 21. The molecule has 5 atom stereocenters. The number of methoxy groups -OCH3 is 1. The zero-order chi connectivity index (χ0) is 105. The Kier molecular flexibility index (Phi) is 36.6. The van der Waals surface area contributed by atoms with E-state index in [1.54, 1.807) is 54.7 Å². The SMILES string of the molecule is CC(=O)[C@@H]1CC2=C(Cc3ccccc32)CN1C(=O)C1CCC(CN(C)C(=O)OC(C)(C)C)CC1.CCOC(=O)CC1C2=C(CCN1C(=O)C1CCC(CN(C)C(=O)OC(C)(C)C)CC1)c1ccccc1C2.CN(CC1CCC(C(=O)N2CCC3=C(Cc4ccccc43)C2CC(=O)O)CC1)C(=O)OC(C)(C)C.COC(=O)C1CC2=C(Cc3ccccc32)C(CC(C)C)N1C(=O)C1CCC(CN(C)C(=O)OC(C)(C)C)CC1. The van der Waals surface area contributed by atoms with Gasteiger partial charge in [-0.2, -0.15) is 0 Å². The van der Waals surface area contributed by atoms with E-state index in [1.807, 2.05) is 128 Å². The number of esters is 2. The van der Waals surface area contributed by atoms with Crippen molar-refractivity contribution in [2.45, 2.75) is 337 Å². The molecule has 145 heavy (non-hydrogen) atoms. The second kappa shape index (κ2) is 47.8. The number of ketones is 1. The van der Waals surface area contributed by atoms with Gasteiger partial charge in [0.2, 0.25) is 23.6 Å². The van der Waals surface area contributed by atoms with E-state index in [4.69, 9.17) is 28.4 Å². The average Bonchev–Trinajstić information content (AvgIpc) is 1.63. The van der Waals surface area contributed by atoms with E-state index < -0.39 is 34.4 Å². The standard InChI is InChI=1S/C32H46N2O5.C30H42N2O5.C28H38N2O5.C28H38N2O4/c1-20(2)16-27-26-17-23-10-8-9-11-24(23)25(26)18-28(30(36)38-7)34(27)29(35)22-14-12-21(13-15-22)19-33(6)31(37)39-32(3,4)5;1-6-36-27(33)18-26-25-17-22-9-7-8-10-23(22)24(25)15-16-32(26)28(34)21-13-11-20(12-14-21)19-31(5)29(35)37-30(2,3)4;1-28(2,3)35-27(34)29(4)17-18-9-11-19(12-10-18)26(33)30-14-13-22-21-8-6-5-7-20(21)15-23(22)24(30)16-25(31)32;1-18(31)25-15-24-22(14-21-8-6-7-9-23(21)24)17-30(25)26(32)20-12-10-19(11-13-20)16-29(5)27(33)34-28(2,3)4/h8-11,20-22,27-28H,12-19H2,1-7H3;7-10,20-21,26H,6,11-19H2,1-5H3;5-8,18-19,24H,9-17H2,1-4H3,(H,31,32);6-9,19-20,25H,10-17H2,1-5H3/t;;;19?,20?,25-/m...0/s1. The Morgan fingerprint density at radius 2 is 0.703 bits per heavy atom. The number of ether oxygens (including phenoxy) is 6. The highest BCUT2D eigenvalue weighted by molar-refractivity contribution is 5.95. The van der Waals surface area contributed by atoms with E-state index in [9.17, 15) is 62.6 Å². The van der Waals surface area contributed by atoms with Crippen LogP contribution in [0, 0.1) is 53.3 Å². The third kappa shape index (κ3) is 28.2. The minimum Gasteiger partial charge on any atom is -0.481 e. The highest BCUT2D eigenvalue weighted by Crippen LogP contribution is 2.50. The fraction of sp³-hybridized carbons (Fsp3) is 0.627. The van der Waals surface area contributed by atoms with Crippen LogP contribution in [0.2, 0.25) is 0 Å². The predicted octanol–water partition coefficient (Wildman–Crippen LogP) is 20.7. The Morgan fingerprint density at radius 1 is 0.393 bits per heavy atom. The van der Waals surface area contributed by atoms with Gasteiger partial charge in [-0.05, 0) is 363 Å². The zero-order valence-corrected chi connectivity index (χ0v) is 90.4. The summed E-state index contributed by atoms with van der Waals surface area (Å²) in [5.74, 6) is 0.553. The van der Waals surface area contributed by atoms with Crippen molar-refractivity contribution in [1.29, 1.82) is 0 Å². The molecular weight excluding hydrogens is 1830 g/mol. The fourth-order valence-electron chi connectivity index (χ4n) is 24.5. The van der Waals surface area contributed by atoms with E-state index >= 15 is 0 Å². The van der Waals surface area contributed by atoms with E-state index in [0.717, 1.165) is 153 Å². The van der Waals surface area contributed by atoms with Gasteiger partial charge in [0.1, 0.15) is 28.4 Å². The molecule has 0 saturated heterocycles. The molecule has 8 amide bonds. The zero-order valence-electron chi connectivity index (χ0n) is 90.4. The first kappa shape index (κ1) is 111. The van der Waals surface area contributed by atoms with Gasteiger partial charge in [-0.3, -0.25) is 33.6 Å². The molecule has 27 heteroatoms. The summed E-state index contributed by atoms with van der Waals surface area (Å²) in [7, 11) is 8.52. The molecule has 0 aromatic heterocycles. The molecular formula is C118H164N8O19. The number of carboxylic acids is 1. The topological polar surface area (TPSA) is 306 Å². The van der Waals surface area contributed by atoms with Gasteiger partial charge < -0.3 is 72.7 Å². The van der Waals surface area contributed by atoms with Crippen molar-refractivity contribution < 1.29 is 91.1 Å². The lowest BCUT2D eigenvalue weighted by molar-refractivity contribution is -0.157. The van der Waals surface area contributed by atoms with Crippen molar-refractivity contribution in [3.8, 4) is 0 Å². The van der Waals surface area contributed by atoms with Gasteiger partial charge >= 0.3 is 42.3 Å². The Morgan fingerprint density at radius 3 is 1.03 bits per heavy atom. The van der Waals surface area contributed by atoms with Crippen LogP contribution in [0.25, 0.3) is 22.3 Å². The number of carboxylic acid groups (broad SMARTS) is 1. The summed E-state index contributed by atoms with van der Waals surface area (Å²) in [6, 6.07) is 31.8. The molecule has 4 unspecified atom stereocenters. The average molecular weight is 2000 g/mol. The number of nitrogens with zero attached hydrogens (tertiary/aromatic N) is 8. The highest BCUT2D eigenvalue weighted by atomic mass is 16.6. The number of hydrogen-bond acceptors (Lipinski definition) is 18. The molecule has 4 aliphatic heterocycles. The molecule has 4 saturated carbocycles. The molecule has 4 aromatic carbocycles. The summed E-state index contributed by atoms with van der Waals surface area (Å²) in [4.78, 5) is 169. The second-order valence-electron chi connectivity index (χ2n) is 47.4. The van der Waals surface area contributed by atoms with Gasteiger partial charge in [-0.1, -0.05) is 111 Å². The number of Topliss-reactive ketones (excluding diaryl/α,β-unsaturated/α-hetero) is 1. The lowest BCUT2D eigenvalue weighted by Crippen LogP contribution is -2.56. The molecule has 4 aromatic rings. The predicted molar refractivity (Wildman–Crippen MR) is 561 cm³/mol. The minimum absolute atomic E-state index is 0.0429. The Balaban J connectivity index is 0.000000162. The smallest absolute Gasteiger partial charge is 0.410 e. The molecule has 0 radical (unpaired) electrons. The van der Waals surface area contributed by atoms with Crippen molar-refractivity contribution >= 4 is 94.0 Å². The summed E-state index contributed by atoms with van der Waals surface area (Å²) in [5, 5.41) is 9.64. The Bertz CT molecular complexity index is 5510. The molecule has 4 heterocycles. The quantitative estimate of drug-likeness (QED) is 0.0598. The van der Waals surface area contributed by atoms with Gasteiger partial charge in [-0.25, -0.2) is 24.0 Å². The van der Waals surface area contributed by atoms with Gasteiger partial charge in [0, 0.05) is 111 Å². The molecule has 8 aliphatic carbocycles. The van der Waals surface area contributed by atoms with Gasteiger partial charge in [0.15, 0.2) is 5.78 Å². The Labute approximate surface area is 861 Å². The summed E-state index contributed by atoms with van der Waals surface area (Å²) in [6.07, 6.45) is 19.1. The number of amides is 8. The van der Waals surface area contributed by atoms with Crippen LogP contribution < -0.4 is 0 Å². The maximum Gasteiger partial charge on any atom is 0.410 e. The monoisotopic (exact) mass is 2000 g/mol. The van der Waals surface area contributed by atoms with Gasteiger partial charge in [0.05, 0.1) is 50.7 Å². The lowest BCUT2D eigenvalue weighted by atomic mass is 9.78. The third-order valence-corrected chi connectivity index (χ3v) is 31.4. The first-order chi connectivity index (χ1) is 68.5. The second-order valence-corrected chi connectivity index (χ2v) is 47.4. The summed E-state index contributed by atoms with van der Waals surface area (Å²) >= 11 is 0. The summed E-state index contributed by atoms with van der Waals surface area (Å²) in [5.41, 5.74) is 18.0. The maximum absolute atomic E-state index is 14.2. The number of carbonyl (C=O) groups excluding carboxylic acids is 11. The molecule has 1 N–H and O–H groups in total. The van der Waals surface area contributed by atoms with Crippen LogP contribution in [0.4, 0.5) is 19.2 Å². The molecule has 0 bridgehead atoms. The summed E-state index contributed by atoms with van der Waals surface area (Å²) < 4.78 is 32.5. The number of benzene rings is 4. The van der Waals surface area contributed by atoms with Gasteiger partial charge in [-0.15, -0.1) is 0 Å². The van der Waals surface area contributed by atoms with Crippen LogP contribution in [-0.2, 0) is 92.5 Å². The van der Waals surface area contributed by atoms with Crippen molar-refractivity contribution in [2.24, 2.45) is 53.3 Å². The molecule has 4 fully saturated rings. The number of aliphatic carboxylic acids is 1. The number of carbonyl (C=O) groups is 12. The van der Waals surface area contributed by atoms with Crippen LogP contribution in [0.3, 0.4) is 0 Å².